The molecule has 6 aromatic heterocycles. The molecule has 3 N–H and O–H groups in total. The van der Waals surface area contributed by atoms with Crippen molar-refractivity contribution < 1.29 is 8.78 Å². The van der Waals surface area contributed by atoms with Gasteiger partial charge in [-0.3, -0.25) is 20.1 Å². The molecule has 11 heteroatoms. The molecule has 0 aromatic carbocycles. The third-order valence-corrected chi connectivity index (χ3v) is 8.21. The van der Waals surface area contributed by atoms with E-state index in [1.807, 2.05) is 6.07 Å². The van der Waals surface area contributed by atoms with E-state index in [9.17, 15) is 4.39 Å². The molecule has 1 fully saturated rings. The molecule has 8 nitrogen and oxygen atoms in total. The van der Waals surface area contributed by atoms with E-state index in [4.69, 9.17) is 4.98 Å². The van der Waals surface area contributed by atoms with Gasteiger partial charge in [0.1, 0.15) is 16.9 Å². The van der Waals surface area contributed by atoms with Crippen LogP contribution in [0.2, 0.25) is 0 Å². The van der Waals surface area contributed by atoms with Gasteiger partial charge in [0.2, 0.25) is 0 Å². The van der Waals surface area contributed by atoms with Crippen molar-refractivity contribution in [2.45, 2.75) is 32.2 Å². The summed E-state index contributed by atoms with van der Waals surface area (Å²) in [6, 6.07) is 5.02. The van der Waals surface area contributed by atoms with E-state index in [0.29, 0.717) is 50.6 Å². The highest BCUT2D eigenvalue weighted by atomic mass is 32.1. The first-order valence-electron chi connectivity index (χ1n) is 12.9. The highest BCUT2D eigenvalue weighted by Gasteiger charge is 2.22. The van der Waals surface area contributed by atoms with Crippen molar-refractivity contribution in [1.29, 1.82) is 0 Å². The van der Waals surface area contributed by atoms with Gasteiger partial charge in [-0.1, -0.05) is 12.8 Å². The van der Waals surface area contributed by atoms with Gasteiger partial charge in [0, 0.05) is 41.1 Å². The molecule has 0 atom stereocenters. The fourth-order valence-corrected chi connectivity index (χ4v) is 6.12. The van der Waals surface area contributed by atoms with E-state index in [1.165, 1.54) is 31.7 Å². The summed E-state index contributed by atoms with van der Waals surface area (Å²) in [7, 11) is 0. The molecule has 7 rings (SSSR count). The van der Waals surface area contributed by atoms with Crippen LogP contribution in [0.4, 0.5) is 8.78 Å². The predicted octanol–water partition coefficient (Wildman–Crippen LogP) is 6.24. The summed E-state index contributed by atoms with van der Waals surface area (Å²) in [5, 5.41) is 10.7. The second-order valence-corrected chi connectivity index (χ2v) is 11.0. The lowest BCUT2D eigenvalue weighted by Crippen LogP contribution is -2.20. The molecule has 1 saturated carbocycles. The van der Waals surface area contributed by atoms with Crippen LogP contribution in [0.25, 0.3) is 55.2 Å². The van der Waals surface area contributed by atoms with Crippen molar-refractivity contribution in [3.8, 4) is 33.2 Å². The smallest absolute Gasteiger partial charge is 0.176 e. The fraction of sp³-hybridized carbons (Fsp3) is 0.250. The van der Waals surface area contributed by atoms with Crippen molar-refractivity contribution >= 4 is 33.3 Å². The number of hydrogen-bond donors (Lipinski definition) is 3. The minimum Gasteiger partial charge on any atom is -0.335 e. The maximum atomic E-state index is 16.1. The summed E-state index contributed by atoms with van der Waals surface area (Å²) in [6.45, 7) is 1.65. The van der Waals surface area contributed by atoms with Crippen molar-refractivity contribution in [2.24, 2.45) is 5.92 Å². The Balaban J connectivity index is 1.23. The summed E-state index contributed by atoms with van der Waals surface area (Å²) < 4.78 is 29.8. The number of imidazole rings is 1. The van der Waals surface area contributed by atoms with Crippen LogP contribution in [0.5, 0.6) is 0 Å². The molecule has 6 aromatic rings. The van der Waals surface area contributed by atoms with Gasteiger partial charge in [0.15, 0.2) is 16.8 Å². The van der Waals surface area contributed by atoms with Crippen LogP contribution in [0, 0.1) is 16.9 Å². The molecule has 196 valence electrons. The molecule has 6 heterocycles. The van der Waals surface area contributed by atoms with Gasteiger partial charge in [-0.05, 0) is 49.1 Å². The monoisotopic (exact) mass is 542 g/mol. The van der Waals surface area contributed by atoms with Crippen molar-refractivity contribution in [3.05, 3.63) is 65.7 Å². The zero-order chi connectivity index (χ0) is 26.3. The number of H-pyrrole nitrogens is 2. The van der Waals surface area contributed by atoms with E-state index in [1.54, 1.807) is 37.1 Å². The lowest BCUT2D eigenvalue weighted by molar-refractivity contribution is 0.489. The Morgan fingerprint density at radius 3 is 2.69 bits per heavy atom. The largest absolute Gasteiger partial charge is 0.335 e. The van der Waals surface area contributed by atoms with Gasteiger partial charge in [0.05, 0.1) is 28.8 Å². The zero-order valence-electron chi connectivity index (χ0n) is 20.8. The summed E-state index contributed by atoms with van der Waals surface area (Å²) in [5.41, 5.74) is 4.48. The van der Waals surface area contributed by atoms with E-state index < -0.39 is 5.82 Å². The Morgan fingerprint density at radius 1 is 0.974 bits per heavy atom. The van der Waals surface area contributed by atoms with Crippen LogP contribution < -0.4 is 5.32 Å². The van der Waals surface area contributed by atoms with Gasteiger partial charge in [0.25, 0.3) is 0 Å². The van der Waals surface area contributed by atoms with Crippen LogP contribution in [0.15, 0.2) is 49.2 Å². The minimum atomic E-state index is -0.506. The lowest BCUT2D eigenvalue weighted by atomic mass is 10.1. The number of hydrogen-bond acceptors (Lipinski definition) is 7. The van der Waals surface area contributed by atoms with Crippen LogP contribution >= 0.6 is 11.3 Å². The lowest BCUT2D eigenvalue weighted by Gasteiger charge is -2.11. The van der Waals surface area contributed by atoms with E-state index in [-0.39, 0.29) is 16.2 Å². The summed E-state index contributed by atoms with van der Waals surface area (Å²) in [5.74, 6) is 0.605. The van der Waals surface area contributed by atoms with Gasteiger partial charge in [-0.15, -0.1) is 11.3 Å². The van der Waals surface area contributed by atoms with E-state index in [2.05, 4.69) is 35.5 Å². The topological polar surface area (TPSA) is 108 Å². The summed E-state index contributed by atoms with van der Waals surface area (Å²) in [6.07, 6.45) is 13.5. The average Bonchev–Trinajstić information content (AvgIpc) is 3.75. The molecule has 1 aliphatic rings. The van der Waals surface area contributed by atoms with Crippen LogP contribution in [0.3, 0.4) is 0 Å². The normalized spacial score (nSPS) is 14.2. The second-order valence-electron chi connectivity index (χ2n) is 9.92. The third kappa shape index (κ3) is 4.47. The maximum absolute atomic E-state index is 16.1. The predicted molar refractivity (Wildman–Crippen MR) is 147 cm³/mol. The van der Waals surface area contributed by atoms with Crippen molar-refractivity contribution in [3.63, 3.8) is 0 Å². The average molecular weight is 543 g/mol. The number of halogens is 2. The number of aromatic amines is 2. The Hall–Kier alpha value is -4.09. The van der Waals surface area contributed by atoms with Gasteiger partial charge >= 0.3 is 0 Å². The maximum Gasteiger partial charge on any atom is 0.176 e. The molecule has 0 bridgehead atoms. The molecule has 1 aliphatic carbocycles. The first-order valence-corrected chi connectivity index (χ1v) is 13.7. The van der Waals surface area contributed by atoms with Crippen LogP contribution in [-0.2, 0) is 6.54 Å². The van der Waals surface area contributed by atoms with E-state index >= 15 is 4.39 Å². The molecule has 0 amide bonds. The quantitative estimate of drug-likeness (QED) is 0.220. The van der Waals surface area contributed by atoms with Gasteiger partial charge < -0.3 is 10.3 Å². The number of pyridine rings is 3. The second kappa shape index (κ2) is 9.90. The first-order chi connectivity index (χ1) is 19.1. The van der Waals surface area contributed by atoms with E-state index in [0.717, 1.165) is 29.4 Å². The molecule has 39 heavy (non-hydrogen) atoms. The zero-order valence-corrected chi connectivity index (χ0v) is 21.7. The van der Waals surface area contributed by atoms with Crippen molar-refractivity contribution in [1.82, 2.24) is 40.4 Å². The number of fused-ring (bicyclic) bond motifs is 2. The van der Waals surface area contributed by atoms with Crippen LogP contribution in [-0.4, -0.2) is 41.7 Å². The Bertz CT molecular complexity index is 1800. The standard InChI is InChI=1S/C28H24F2N8S/c29-22-6-5-21(39-22)18-12-33-13-20-26(18)36-28(35-20)27-23-19(37-38-27)14-34-25(24(23)30)17-7-16(10-32-11-17)9-31-8-15-3-1-2-4-15/h5-7,10-15,31H,1-4,8-9H2,(H,35,36)(H,37,38). The Labute approximate surface area is 226 Å². The minimum absolute atomic E-state index is 0.197. The van der Waals surface area contributed by atoms with Gasteiger partial charge in [-0.2, -0.15) is 9.49 Å². The van der Waals surface area contributed by atoms with Crippen molar-refractivity contribution in [2.75, 3.05) is 6.54 Å². The molecule has 0 saturated heterocycles. The molecule has 0 aliphatic heterocycles. The summed E-state index contributed by atoms with van der Waals surface area (Å²) >= 11 is 1.02. The molecular weight excluding hydrogens is 518 g/mol. The third-order valence-electron chi connectivity index (χ3n) is 7.31. The number of rotatable bonds is 7. The molecule has 0 spiro atoms. The van der Waals surface area contributed by atoms with Crippen LogP contribution in [0.1, 0.15) is 31.2 Å². The summed E-state index contributed by atoms with van der Waals surface area (Å²) in [4.78, 5) is 21.6. The van der Waals surface area contributed by atoms with Gasteiger partial charge in [-0.25, -0.2) is 9.37 Å². The number of nitrogens with zero attached hydrogens (tertiary/aromatic N) is 5. The Morgan fingerprint density at radius 2 is 1.85 bits per heavy atom. The highest BCUT2D eigenvalue weighted by Crippen LogP contribution is 2.35. The SMILES string of the molecule is Fc1ccc(-c2cncc3[nH]c(-c4n[nH]c5cnc(-c6cncc(CNCC7CCCC7)c6)c(F)c45)nc23)s1. The first kappa shape index (κ1) is 24.0. The molecule has 0 unspecified atom stereocenters. The number of aromatic nitrogens is 7. The number of nitrogens with one attached hydrogen (secondary N) is 3. The molecule has 0 radical (unpaired) electrons. The highest BCUT2D eigenvalue weighted by molar-refractivity contribution is 7.14. The molecular formula is C28H24F2N8S. The fourth-order valence-electron chi connectivity index (χ4n) is 5.38. The number of thiophene rings is 1. The Kier molecular flexibility index (Phi) is 6.09.